The lowest BCUT2D eigenvalue weighted by molar-refractivity contribution is -0.141. The summed E-state index contributed by atoms with van der Waals surface area (Å²) >= 11 is 0. The maximum atomic E-state index is 11.2. The van der Waals surface area contributed by atoms with Gasteiger partial charge in [-0.1, -0.05) is 13.3 Å². The van der Waals surface area contributed by atoms with Crippen LogP contribution < -0.4 is 5.32 Å². The molecule has 104 valence electrons. The molecule has 7 nitrogen and oxygen atoms in total. The Kier molecular flexibility index (Phi) is 8.34. The first-order valence-corrected chi connectivity index (χ1v) is 5.85. The summed E-state index contributed by atoms with van der Waals surface area (Å²) in [7, 11) is 0. The molecule has 7 heteroatoms. The molecule has 0 aromatic carbocycles. The van der Waals surface area contributed by atoms with E-state index in [1.807, 2.05) is 6.92 Å². The van der Waals surface area contributed by atoms with Gasteiger partial charge in [0, 0.05) is 6.42 Å². The van der Waals surface area contributed by atoms with Crippen LogP contribution in [-0.2, 0) is 14.3 Å². The Hall–Kier alpha value is -1.79. The molecule has 0 aromatic rings. The van der Waals surface area contributed by atoms with Crippen LogP contribution in [-0.4, -0.2) is 40.9 Å². The van der Waals surface area contributed by atoms with Crippen LogP contribution in [0.2, 0.25) is 0 Å². The molecule has 0 spiro atoms. The van der Waals surface area contributed by atoms with Crippen molar-refractivity contribution >= 4 is 18.0 Å². The number of nitrogens with one attached hydrogen (secondary N) is 1. The number of unbranched alkanes of at least 4 members (excludes halogenated alkanes) is 1. The molecule has 0 aliphatic rings. The molecule has 0 fully saturated rings. The molecule has 0 bridgehead atoms. The van der Waals surface area contributed by atoms with Crippen LogP contribution in [0.3, 0.4) is 0 Å². The van der Waals surface area contributed by atoms with Crippen molar-refractivity contribution < 1.29 is 29.3 Å². The van der Waals surface area contributed by atoms with Gasteiger partial charge in [0.1, 0.15) is 6.04 Å². The average molecular weight is 261 g/mol. The predicted octanol–water partition coefficient (Wildman–Crippen LogP) is 1.22. The third-order valence-electron chi connectivity index (χ3n) is 2.20. The first-order valence-electron chi connectivity index (χ1n) is 5.85. The highest BCUT2D eigenvalue weighted by Gasteiger charge is 2.20. The number of alkyl carbamates (subject to hydrolysis) is 1. The van der Waals surface area contributed by atoms with Crippen LogP contribution in [0.4, 0.5) is 4.79 Å². The van der Waals surface area contributed by atoms with E-state index in [0.717, 1.165) is 6.42 Å². The summed E-state index contributed by atoms with van der Waals surface area (Å²) in [6, 6.07) is -1.11. The van der Waals surface area contributed by atoms with Crippen molar-refractivity contribution in [2.24, 2.45) is 0 Å². The number of carbonyl (C=O) groups is 3. The van der Waals surface area contributed by atoms with Crippen molar-refractivity contribution in [2.45, 2.75) is 45.1 Å². The van der Waals surface area contributed by atoms with E-state index < -0.39 is 24.1 Å². The number of carboxylic acids is 2. The lowest BCUT2D eigenvalue weighted by Gasteiger charge is -2.13. The van der Waals surface area contributed by atoms with Gasteiger partial charge in [-0.25, -0.2) is 9.59 Å². The zero-order valence-corrected chi connectivity index (χ0v) is 10.3. The van der Waals surface area contributed by atoms with Gasteiger partial charge in [0.15, 0.2) is 0 Å². The van der Waals surface area contributed by atoms with Gasteiger partial charge in [0.05, 0.1) is 6.61 Å². The fourth-order valence-electron chi connectivity index (χ4n) is 1.21. The molecule has 0 saturated carbocycles. The van der Waals surface area contributed by atoms with Crippen molar-refractivity contribution in [2.75, 3.05) is 6.61 Å². The highest BCUT2D eigenvalue weighted by molar-refractivity contribution is 5.79. The number of hydrogen-bond donors (Lipinski definition) is 3. The fraction of sp³-hybridized carbons (Fsp3) is 0.727. The van der Waals surface area contributed by atoms with Crippen LogP contribution in [0.1, 0.15) is 39.0 Å². The SMILES string of the molecule is CCCCOC(=O)NC(CCCC(=O)O)C(=O)O. The second-order valence-corrected chi connectivity index (χ2v) is 3.81. The van der Waals surface area contributed by atoms with Gasteiger partial charge in [0.25, 0.3) is 0 Å². The lowest BCUT2D eigenvalue weighted by atomic mass is 10.1. The van der Waals surface area contributed by atoms with E-state index in [9.17, 15) is 14.4 Å². The number of rotatable bonds is 9. The first kappa shape index (κ1) is 16.2. The van der Waals surface area contributed by atoms with E-state index in [0.29, 0.717) is 6.42 Å². The second kappa shape index (κ2) is 9.26. The second-order valence-electron chi connectivity index (χ2n) is 3.81. The van der Waals surface area contributed by atoms with Gasteiger partial charge in [-0.2, -0.15) is 0 Å². The third-order valence-corrected chi connectivity index (χ3v) is 2.20. The van der Waals surface area contributed by atoms with Crippen LogP contribution in [0.15, 0.2) is 0 Å². The fourth-order valence-corrected chi connectivity index (χ4v) is 1.21. The summed E-state index contributed by atoms with van der Waals surface area (Å²) in [6.45, 7) is 2.18. The van der Waals surface area contributed by atoms with Gasteiger partial charge in [-0.15, -0.1) is 0 Å². The van der Waals surface area contributed by atoms with Crippen LogP contribution in [0.25, 0.3) is 0 Å². The van der Waals surface area contributed by atoms with Gasteiger partial charge >= 0.3 is 18.0 Å². The minimum atomic E-state index is -1.20. The summed E-state index contributed by atoms with van der Waals surface area (Å²) in [4.78, 5) is 32.3. The number of aliphatic carboxylic acids is 2. The number of carbonyl (C=O) groups excluding carboxylic acids is 1. The van der Waals surface area contributed by atoms with E-state index in [1.165, 1.54) is 0 Å². The molecular formula is C11H19NO6. The van der Waals surface area contributed by atoms with E-state index in [1.54, 1.807) is 0 Å². The molecule has 1 unspecified atom stereocenters. The predicted molar refractivity (Wildman–Crippen MR) is 62.3 cm³/mol. The summed E-state index contributed by atoms with van der Waals surface area (Å²) < 4.78 is 4.76. The molecule has 1 amide bonds. The average Bonchev–Trinajstić information content (AvgIpc) is 2.27. The normalized spacial score (nSPS) is 11.6. The quantitative estimate of drug-likeness (QED) is 0.538. The maximum absolute atomic E-state index is 11.2. The largest absolute Gasteiger partial charge is 0.481 e. The van der Waals surface area contributed by atoms with Crippen LogP contribution in [0.5, 0.6) is 0 Å². The van der Waals surface area contributed by atoms with E-state index in [2.05, 4.69) is 5.32 Å². The van der Waals surface area contributed by atoms with Crippen molar-refractivity contribution in [3.05, 3.63) is 0 Å². The van der Waals surface area contributed by atoms with Crippen LogP contribution >= 0.6 is 0 Å². The first-order chi connectivity index (χ1) is 8.47. The smallest absolute Gasteiger partial charge is 0.407 e. The van der Waals surface area contributed by atoms with Crippen molar-refractivity contribution in [3.8, 4) is 0 Å². The highest BCUT2D eigenvalue weighted by Crippen LogP contribution is 2.02. The third kappa shape index (κ3) is 8.37. The zero-order chi connectivity index (χ0) is 14.0. The van der Waals surface area contributed by atoms with E-state index >= 15 is 0 Å². The topological polar surface area (TPSA) is 113 Å². The number of amides is 1. The Morgan fingerprint density at radius 1 is 1.22 bits per heavy atom. The summed E-state index contributed by atoms with van der Waals surface area (Å²) in [5.74, 6) is -2.20. The number of ether oxygens (including phenoxy) is 1. The Morgan fingerprint density at radius 2 is 1.89 bits per heavy atom. The lowest BCUT2D eigenvalue weighted by Crippen LogP contribution is -2.41. The molecule has 0 aliphatic heterocycles. The monoisotopic (exact) mass is 261 g/mol. The van der Waals surface area contributed by atoms with Crippen molar-refractivity contribution in [1.29, 1.82) is 0 Å². The Balaban J connectivity index is 3.99. The molecule has 0 heterocycles. The maximum Gasteiger partial charge on any atom is 0.407 e. The molecule has 1 atom stereocenters. The molecule has 0 saturated heterocycles. The molecule has 3 N–H and O–H groups in total. The molecule has 0 rings (SSSR count). The van der Waals surface area contributed by atoms with Crippen molar-refractivity contribution in [3.63, 3.8) is 0 Å². The van der Waals surface area contributed by atoms with Gasteiger partial charge in [-0.3, -0.25) is 4.79 Å². The van der Waals surface area contributed by atoms with Crippen LogP contribution in [0, 0.1) is 0 Å². The summed E-state index contributed by atoms with van der Waals surface area (Å²) in [5, 5.41) is 19.5. The van der Waals surface area contributed by atoms with E-state index in [-0.39, 0.29) is 25.9 Å². The molecular weight excluding hydrogens is 242 g/mol. The molecule has 0 aliphatic carbocycles. The van der Waals surface area contributed by atoms with Gasteiger partial charge < -0.3 is 20.3 Å². The Bertz CT molecular complexity index is 291. The minimum Gasteiger partial charge on any atom is -0.481 e. The number of hydrogen-bond acceptors (Lipinski definition) is 4. The summed E-state index contributed by atoms with van der Waals surface area (Å²) in [6.07, 6.45) is 0.909. The van der Waals surface area contributed by atoms with Gasteiger partial charge in [0.2, 0.25) is 0 Å². The molecule has 18 heavy (non-hydrogen) atoms. The zero-order valence-electron chi connectivity index (χ0n) is 10.3. The Labute approximate surface area is 105 Å². The minimum absolute atomic E-state index is 0.0600. The standard InChI is InChI=1S/C11H19NO6/c1-2-3-7-18-11(17)12-8(10(15)16)5-4-6-9(13)14/h8H,2-7H2,1H3,(H,12,17)(H,13,14)(H,15,16). The summed E-state index contributed by atoms with van der Waals surface area (Å²) in [5.41, 5.74) is 0. The number of carboxylic acid groups (broad SMARTS) is 2. The molecule has 0 radical (unpaired) electrons. The van der Waals surface area contributed by atoms with E-state index in [4.69, 9.17) is 14.9 Å². The highest BCUT2D eigenvalue weighted by atomic mass is 16.5. The molecule has 0 aromatic heterocycles. The van der Waals surface area contributed by atoms with Gasteiger partial charge in [-0.05, 0) is 19.3 Å². The Morgan fingerprint density at radius 3 is 2.39 bits per heavy atom. The van der Waals surface area contributed by atoms with Crippen molar-refractivity contribution in [1.82, 2.24) is 5.32 Å².